The van der Waals surface area contributed by atoms with Crippen molar-refractivity contribution >= 4 is 5.82 Å². The normalized spacial score (nSPS) is 10.9. The van der Waals surface area contributed by atoms with Gasteiger partial charge in [0.05, 0.1) is 5.69 Å². The number of para-hydroxylation sites is 1. The van der Waals surface area contributed by atoms with Crippen molar-refractivity contribution in [1.29, 1.82) is 0 Å². The predicted molar refractivity (Wildman–Crippen MR) is 87.0 cm³/mol. The van der Waals surface area contributed by atoms with Crippen molar-refractivity contribution in [2.75, 3.05) is 5.73 Å². The topological polar surface area (TPSA) is 109 Å². The van der Waals surface area contributed by atoms with Crippen molar-refractivity contribution < 1.29 is 4.52 Å². The third kappa shape index (κ3) is 2.30. The maximum Gasteiger partial charge on any atom is 0.282 e. The molecule has 0 atom stereocenters. The third-order valence-electron chi connectivity index (χ3n) is 3.62. The van der Waals surface area contributed by atoms with E-state index in [1.807, 2.05) is 31.2 Å². The molecule has 0 amide bonds. The van der Waals surface area contributed by atoms with E-state index in [0.29, 0.717) is 17.3 Å². The van der Waals surface area contributed by atoms with Crippen molar-refractivity contribution in [1.82, 2.24) is 30.1 Å². The number of aromatic nitrogens is 6. The molecular weight excluding hydrogens is 306 g/mol. The molecule has 0 saturated heterocycles. The van der Waals surface area contributed by atoms with E-state index in [4.69, 9.17) is 10.3 Å². The number of aryl methyl sites for hydroxylation is 1. The largest absolute Gasteiger partial charge is 0.382 e. The predicted octanol–water partition coefficient (Wildman–Crippen LogP) is 2.27. The zero-order chi connectivity index (χ0) is 16.5. The molecule has 0 saturated carbocycles. The molecule has 8 nitrogen and oxygen atoms in total. The second-order valence-corrected chi connectivity index (χ2v) is 5.18. The van der Waals surface area contributed by atoms with Crippen LogP contribution in [0.5, 0.6) is 0 Å². The Balaban J connectivity index is 1.74. The minimum atomic E-state index is 0.221. The summed E-state index contributed by atoms with van der Waals surface area (Å²) in [4.78, 5) is 8.30. The molecule has 0 aliphatic heterocycles. The molecule has 2 N–H and O–H groups in total. The highest BCUT2D eigenvalue weighted by atomic mass is 16.5. The molecule has 4 rings (SSSR count). The Labute approximate surface area is 137 Å². The summed E-state index contributed by atoms with van der Waals surface area (Å²) < 4.78 is 6.84. The average molecular weight is 319 g/mol. The van der Waals surface area contributed by atoms with E-state index in [1.54, 1.807) is 29.2 Å². The van der Waals surface area contributed by atoms with Crippen LogP contribution in [0.1, 0.15) is 5.56 Å². The molecule has 0 aliphatic rings. The van der Waals surface area contributed by atoms with Gasteiger partial charge >= 0.3 is 0 Å². The molecule has 3 heterocycles. The summed E-state index contributed by atoms with van der Waals surface area (Å²) in [5, 5.41) is 12.2. The molecule has 0 radical (unpaired) electrons. The van der Waals surface area contributed by atoms with Gasteiger partial charge in [0.15, 0.2) is 11.5 Å². The summed E-state index contributed by atoms with van der Waals surface area (Å²) in [5.41, 5.74) is 9.21. The number of hydrogen-bond donors (Lipinski definition) is 1. The summed E-state index contributed by atoms with van der Waals surface area (Å²) in [7, 11) is 0. The van der Waals surface area contributed by atoms with Crippen LogP contribution in [0.4, 0.5) is 5.82 Å². The van der Waals surface area contributed by atoms with E-state index < -0.39 is 0 Å². The van der Waals surface area contributed by atoms with Crippen LogP contribution in [0.2, 0.25) is 0 Å². The van der Waals surface area contributed by atoms with Crippen molar-refractivity contribution in [3.63, 3.8) is 0 Å². The van der Waals surface area contributed by atoms with Crippen LogP contribution in [0.3, 0.4) is 0 Å². The van der Waals surface area contributed by atoms with Crippen LogP contribution in [0, 0.1) is 6.92 Å². The van der Waals surface area contributed by atoms with Gasteiger partial charge in [0, 0.05) is 18.0 Å². The van der Waals surface area contributed by atoms with Crippen molar-refractivity contribution in [2.24, 2.45) is 0 Å². The fourth-order valence-corrected chi connectivity index (χ4v) is 2.36. The van der Waals surface area contributed by atoms with Crippen molar-refractivity contribution in [2.45, 2.75) is 6.92 Å². The van der Waals surface area contributed by atoms with E-state index >= 15 is 0 Å². The Morgan fingerprint density at radius 2 is 1.88 bits per heavy atom. The van der Waals surface area contributed by atoms with Crippen molar-refractivity contribution in [3.8, 4) is 28.7 Å². The Hall–Kier alpha value is -3.55. The molecule has 0 unspecified atom stereocenters. The number of anilines is 1. The van der Waals surface area contributed by atoms with Crippen LogP contribution >= 0.6 is 0 Å². The number of nitrogens with zero attached hydrogens (tertiary/aromatic N) is 6. The second-order valence-electron chi connectivity index (χ2n) is 5.18. The van der Waals surface area contributed by atoms with E-state index in [0.717, 1.165) is 16.8 Å². The minimum absolute atomic E-state index is 0.221. The summed E-state index contributed by atoms with van der Waals surface area (Å²) >= 11 is 0. The van der Waals surface area contributed by atoms with Gasteiger partial charge in [0.1, 0.15) is 0 Å². The first-order chi connectivity index (χ1) is 11.7. The van der Waals surface area contributed by atoms with Gasteiger partial charge in [-0.3, -0.25) is 4.98 Å². The number of nitrogen functional groups attached to an aromatic ring is 1. The van der Waals surface area contributed by atoms with Crippen LogP contribution in [-0.2, 0) is 0 Å². The number of rotatable bonds is 3. The lowest BCUT2D eigenvalue weighted by molar-refractivity contribution is 0.431. The average Bonchev–Trinajstić information content (AvgIpc) is 3.23. The minimum Gasteiger partial charge on any atom is -0.382 e. The fraction of sp³-hybridized carbons (Fsp3) is 0.0625. The fourth-order valence-electron chi connectivity index (χ4n) is 2.36. The first-order valence-electron chi connectivity index (χ1n) is 7.25. The molecule has 1 aromatic carbocycles. The highest BCUT2D eigenvalue weighted by molar-refractivity contribution is 5.66. The van der Waals surface area contributed by atoms with Crippen LogP contribution < -0.4 is 5.73 Å². The Morgan fingerprint density at radius 3 is 2.67 bits per heavy atom. The molecule has 0 bridgehead atoms. The van der Waals surface area contributed by atoms with E-state index in [-0.39, 0.29) is 5.89 Å². The van der Waals surface area contributed by atoms with Gasteiger partial charge in [0.2, 0.25) is 5.82 Å². The molecule has 4 aromatic rings. The molecule has 24 heavy (non-hydrogen) atoms. The summed E-state index contributed by atoms with van der Waals surface area (Å²) in [5.74, 6) is 1.01. The number of pyridine rings is 1. The monoisotopic (exact) mass is 319 g/mol. The highest BCUT2D eigenvalue weighted by Gasteiger charge is 2.20. The summed E-state index contributed by atoms with van der Waals surface area (Å²) in [6, 6.07) is 11.3. The third-order valence-corrected chi connectivity index (χ3v) is 3.62. The van der Waals surface area contributed by atoms with Gasteiger partial charge in [0.25, 0.3) is 5.89 Å². The summed E-state index contributed by atoms with van der Waals surface area (Å²) in [6.07, 6.45) is 3.32. The zero-order valence-corrected chi connectivity index (χ0v) is 12.8. The quantitative estimate of drug-likeness (QED) is 0.617. The molecule has 0 spiro atoms. The van der Waals surface area contributed by atoms with E-state index in [1.165, 1.54) is 0 Å². The van der Waals surface area contributed by atoms with Gasteiger partial charge in [-0.15, -0.1) is 5.10 Å². The number of hydrogen-bond acceptors (Lipinski definition) is 7. The molecular formula is C16H13N7O. The van der Waals surface area contributed by atoms with E-state index in [9.17, 15) is 0 Å². The second kappa shape index (κ2) is 5.58. The first kappa shape index (κ1) is 14.1. The van der Waals surface area contributed by atoms with Crippen LogP contribution in [0.15, 0.2) is 53.3 Å². The maximum atomic E-state index is 6.18. The van der Waals surface area contributed by atoms with E-state index in [2.05, 4.69) is 25.4 Å². The lowest BCUT2D eigenvalue weighted by atomic mass is 10.2. The Kier molecular flexibility index (Phi) is 3.27. The van der Waals surface area contributed by atoms with Crippen LogP contribution in [-0.4, -0.2) is 30.1 Å². The standard InChI is InChI=1S/C16H13N7O/c1-10-4-2-3-5-12(10)23-14(17)13(20-22-23)16-19-15(21-24-16)11-6-8-18-9-7-11/h2-9H,17H2,1H3. The van der Waals surface area contributed by atoms with Crippen LogP contribution in [0.25, 0.3) is 28.7 Å². The SMILES string of the molecule is Cc1ccccc1-n1nnc(-c2nc(-c3ccncc3)no2)c1N. The van der Waals surface area contributed by atoms with Gasteiger partial charge in [-0.05, 0) is 30.7 Å². The Bertz CT molecular complexity index is 991. The number of benzene rings is 1. The molecule has 0 fully saturated rings. The molecule has 3 aromatic heterocycles. The van der Waals surface area contributed by atoms with Crippen molar-refractivity contribution in [3.05, 3.63) is 54.4 Å². The van der Waals surface area contributed by atoms with Gasteiger partial charge in [-0.2, -0.15) is 9.67 Å². The lowest BCUT2D eigenvalue weighted by Crippen LogP contribution is -2.04. The smallest absolute Gasteiger partial charge is 0.282 e. The molecule has 0 aliphatic carbocycles. The van der Waals surface area contributed by atoms with Gasteiger partial charge < -0.3 is 10.3 Å². The highest BCUT2D eigenvalue weighted by Crippen LogP contribution is 2.26. The number of nitrogens with two attached hydrogens (primary N) is 1. The molecule has 8 heteroatoms. The first-order valence-corrected chi connectivity index (χ1v) is 7.25. The van der Waals surface area contributed by atoms with Gasteiger partial charge in [-0.1, -0.05) is 28.6 Å². The Morgan fingerprint density at radius 1 is 1.08 bits per heavy atom. The summed E-state index contributed by atoms with van der Waals surface area (Å²) in [6.45, 7) is 1.98. The maximum absolute atomic E-state index is 6.18. The molecule has 118 valence electrons. The zero-order valence-electron chi connectivity index (χ0n) is 12.8. The lowest BCUT2D eigenvalue weighted by Gasteiger charge is -2.05. The van der Waals surface area contributed by atoms with Gasteiger partial charge in [-0.25, -0.2) is 0 Å².